The molecule has 0 fully saturated rings. The second-order valence-electron chi connectivity index (χ2n) is 5.36. The van der Waals surface area contributed by atoms with E-state index in [2.05, 4.69) is 10.1 Å². The molecule has 2 rings (SSSR count). The summed E-state index contributed by atoms with van der Waals surface area (Å²) in [7, 11) is -4.23. The summed E-state index contributed by atoms with van der Waals surface area (Å²) in [6, 6.07) is 4.36. The number of rotatable bonds is 6. The van der Waals surface area contributed by atoms with E-state index in [9.17, 15) is 36.3 Å². The summed E-state index contributed by atoms with van der Waals surface area (Å²) in [4.78, 5) is 22.8. The van der Waals surface area contributed by atoms with E-state index in [4.69, 9.17) is 5.73 Å². The highest BCUT2D eigenvalue weighted by Gasteiger charge is 2.31. The van der Waals surface area contributed by atoms with Crippen molar-refractivity contribution in [3.63, 3.8) is 0 Å². The van der Waals surface area contributed by atoms with Crippen molar-refractivity contribution in [2.24, 2.45) is 5.73 Å². The maximum atomic E-state index is 12.7. The molecule has 0 radical (unpaired) electrons. The lowest BCUT2D eigenvalue weighted by atomic mass is 10.3. The molecule has 1 atom stereocenters. The predicted molar refractivity (Wildman–Crippen MR) is 91.7 cm³/mol. The number of aliphatic hydroxyl groups excluding tert-OH is 1. The van der Waals surface area contributed by atoms with E-state index >= 15 is 0 Å². The van der Waals surface area contributed by atoms with Crippen LogP contribution in [0.2, 0.25) is 0 Å². The summed E-state index contributed by atoms with van der Waals surface area (Å²) in [5.41, 5.74) is 4.88. The van der Waals surface area contributed by atoms with Gasteiger partial charge >= 0.3 is 6.36 Å². The number of hydrogen-bond acceptors (Lipinski definition) is 7. The zero-order valence-electron chi connectivity index (χ0n) is 14.0. The summed E-state index contributed by atoms with van der Waals surface area (Å²) in [5.74, 6) is -2.52. The van der Waals surface area contributed by atoms with Crippen molar-refractivity contribution in [1.29, 1.82) is 0 Å². The third-order valence-electron chi connectivity index (χ3n) is 3.22. The zero-order valence-corrected chi connectivity index (χ0v) is 15.6. The summed E-state index contributed by atoms with van der Waals surface area (Å²) >= 11 is 0.506. The van der Waals surface area contributed by atoms with Gasteiger partial charge in [-0.1, -0.05) is 0 Å². The first kappa shape index (κ1) is 21.7. The molecule has 0 spiro atoms. The number of carbonyl (C=O) groups excluding carboxylic acids is 2. The molecule has 28 heavy (non-hydrogen) atoms. The number of amides is 2. The predicted octanol–water partition coefficient (Wildman–Crippen LogP) is 1.90. The van der Waals surface area contributed by atoms with E-state index in [-0.39, 0.29) is 19.7 Å². The summed E-state index contributed by atoms with van der Waals surface area (Å²) in [6.07, 6.45) is -6.36. The molecule has 1 aromatic carbocycles. The van der Waals surface area contributed by atoms with Gasteiger partial charge in [0.25, 0.3) is 11.8 Å². The number of halogens is 3. The van der Waals surface area contributed by atoms with E-state index < -0.39 is 39.9 Å². The molecular formula is C15H13F3N2O6S2. The number of sulfone groups is 1. The molecule has 2 amide bonds. The summed E-state index contributed by atoms with van der Waals surface area (Å²) in [6.45, 7) is 1.16. The van der Waals surface area contributed by atoms with Crippen molar-refractivity contribution in [2.45, 2.75) is 28.5 Å². The van der Waals surface area contributed by atoms with Crippen LogP contribution in [0.3, 0.4) is 0 Å². The van der Waals surface area contributed by atoms with Crippen LogP contribution >= 0.6 is 11.3 Å². The van der Waals surface area contributed by atoms with Crippen molar-refractivity contribution in [1.82, 2.24) is 0 Å². The number of thiophene rings is 1. The Balaban J connectivity index is 2.40. The molecular weight excluding hydrogens is 425 g/mol. The van der Waals surface area contributed by atoms with Gasteiger partial charge in [-0.05, 0) is 37.3 Å². The lowest BCUT2D eigenvalue weighted by Crippen LogP contribution is -2.25. The number of nitrogens with two attached hydrogens (primary N) is 1. The minimum Gasteiger partial charge on any atom is -0.406 e. The second-order valence-corrected chi connectivity index (χ2v) is 8.59. The normalized spacial score (nSPS) is 13.0. The first-order chi connectivity index (χ1) is 12.8. The first-order valence-electron chi connectivity index (χ1n) is 7.34. The van der Waals surface area contributed by atoms with Gasteiger partial charge in [-0.15, -0.1) is 24.5 Å². The van der Waals surface area contributed by atoms with Gasteiger partial charge in [-0.3, -0.25) is 9.59 Å². The first-order valence-corrected chi connectivity index (χ1v) is 9.64. The van der Waals surface area contributed by atoms with Gasteiger partial charge in [-0.25, -0.2) is 8.42 Å². The van der Waals surface area contributed by atoms with Crippen molar-refractivity contribution >= 4 is 38.0 Å². The summed E-state index contributed by atoms with van der Waals surface area (Å²) in [5, 5.41) is 11.2. The Morgan fingerprint density at radius 3 is 2.29 bits per heavy atom. The van der Waals surface area contributed by atoms with Crippen LogP contribution in [-0.4, -0.2) is 37.8 Å². The van der Waals surface area contributed by atoms with E-state index in [1.54, 1.807) is 0 Å². The molecule has 152 valence electrons. The smallest absolute Gasteiger partial charge is 0.406 e. The highest BCUT2D eigenvalue weighted by atomic mass is 32.2. The zero-order chi connectivity index (χ0) is 21.3. The fraction of sp³-hybridized carbons (Fsp3) is 0.200. The third-order valence-corrected chi connectivity index (χ3v) is 6.52. The highest BCUT2D eigenvalue weighted by Crippen LogP contribution is 2.35. The van der Waals surface area contributed by atoms with Crippen LogP contribution in [0.1, 0.15) is 17.3 Å². The van der Waals surface area contributed by atoms with Gasteiger partial charge in [0.1, 0.15) is 21.1 Å². The molecule has 0 aliphatic carbocycles. The Kier molecular flexibility index (Phi) is 6.01. The van der Waals surface area contributed by atoms with E-state index in [1.165, 1.54) is 0 Å². The molecule has 1 aromatic heterocycles. The van der Waals surface area contributed by atoms with E-state index in [1.807, 2.05) is 0 Å². The maximum absolute atomic E-state index is 12.7. The molecule has 1 unspecified atom stereocenters. The number of ether oxygens (including phenoxy) is 1. The topological polar surface area (TPSA) is 136 Å². The van der Waals surface area contributed by atoms with Crippen molar-refractivity contribution in [3.8, 4) is 5.75 Å². The molecule has 4 N–H and O–H groups in total. The fourth-order valence-electron chi connectivity index (χ4n) is 1.93. The van der Waals surface area contributed by atoms with Crippen LogP contribution in [0.25, 0.3) is 0 Å². The SMILES string of the molecule is CC(O)C(=O)Nc1sc(S(=O)(=O)c2ccc(OC(F)(F)F)cc2)cc1C(N)=O. The molecule has 13 heteroatoms. The Labute approximate surface area is 160 Å². The molecule has 0 saturated heterocycles. The maximum Gasteiger partial charge on any atom is 0.573 e. The number of benzene rings is 1. The number of aliphatic hydroxyl groups is 1. The van der Waals surface area contributed by atoms with Gasteiger partial charge in [0.2, 0.25) is 9.84 Å². The highest BCUT2D eigenvalue weighted by molar-refractivity contribution is 7.93. The molecule has 0 saturated carbocycles. The number of hydrogen-bond donors (Lipinski definition) is 3. The molecule has 2 aromatic rings. The number of carbonyl (C=O) groups is 2. The van der Waals surface area contributed by atoms with Crippen LogP contribution in [0, 0.1) is 0 Å². The number of primary amides is 1. The largest absolute Gasteiger partial charge is 0.573 e. The van der Waals surface area contributed by atoms with Gasteiger partial charge in [0.15, 0.2) is 0 Å². The molecule has 1 heterocycles. The average Bonchev–Trinajstić information content (AvgIpc) is 2.98. The minimum atomic E-state index is -4.93. The van der Waals surface area contributed by atoms with Gasteiger partial charge in [0, 0.05) is 0 Å². The fourth-order valence-corrected chi connectivity index (χ4v) is 4.71. The lowest BCUT2D eigenvalue weighted by molar-refractivity contribution is -0.274. The molecule has 0 bridgehead atoms. The van der Waals surface area contributed by atoms with Crippen molar-refractivity contribution in [3.05, 3.63) is 35.9 Å². The van der Waals surface area contributed by atoms with Gasteiger partial charge in [0.05, 0.1) is 10.5 Å². The van der Waals surface area contributed by atoms with Crippen LogP contribution in [0.5, 0.6) is 5.75 Å². The number of nitrogens with one attached hydrogen (secondary N) is 1. The Morgan fingerprint density at radius 1 is 1.25 bits per heavy atom. The lowest BCUT2D eigenvalue weighted by Gasteiger charge is -2.09. The van der Waals surface area contributed by atoms with Crippen molar-refractivity contribution in [2.75, 3.05) is 5.32 Å². The summed E-state index contributed by atoms with van der Waals surface area (Å²) < 4.78 is 65.2. The Morgan fingerprint density at radius 2 is 1.82 bits per heavy atom. The van der Waals surface area contributed by atoms with Crippen LogP contribution in [-0.2, 0) is 14.6 Å². The monoisotopic (exact) mass is 438 g/mol. The molecule has 0 aliphatic rings. The van der Waals surface area contributed by atoms with Gasteiger partial charge in [-0.2, -0.15) is 0 Å². The standard InChI is InChI=1S/C15H13F3N2O6S2/c1-7(21)13(23)20-14-10(12(19)22)6-11(27-14)28(24,25)9-4-2-8(3-5-9)26-15(16,17)18/h2-7,21H,1H3,(H2,19,22)(H,20,23). The Hall–Kier alpha value is -2.64. The van der Waals surface area contributed by atoms with E-state index in [0.717, 1.165) is 37.3 Å². The van der Waals surface area contributed by atoms with Crippen molar-refractivity contribution < 1.29 is 41.0 Å². The molecule has 0 aliphatic heterocycles. The number of anilines is 1. The average molecular weight is 438 g/mol. The van der Waals surface area contributed by atoms with Crippen LogP contribution < -0.4 is 15.8 Å². The third kappa shape index (κ3) is 4.99. The van der Waals surface area contributed by atoms with E-state index in [0.29, 0.717) is 11.3 Å². The minimum absolute atomic E-state index is 0.186. The second kappa shape index (κ2) is 7.77. The molecule has 8 nitrogen and oxygen atoms in total. The quantitative estimate of drug-likeness (QED) is 0.630. The van der Waals surface area contributed by atoms with Crippen LogP contribution in [0.15, 0.2) is 39.4 Å². The van der Waals surface area contributed by atoms with Gasteiger partial charge < -0.3 is 20.9 Å². The number of alkyl halides is 3. The Bertz CT molecular complexity index is 998. The van der Waals surface area contributed by atoms with Crippen LogP contribution in [0.4, 0.5) is 18.2 Å².